The van der Waals surface area contributed by atoms with Crippen molar-refractivity contribution in [2.24, 2.45) is 0 Å². The van der Waals surface area contributed by atoms with Crippen molar-refractivity contribution in [1.82, 2.24) is 14.9 Å². The standard InChI is InChI=1S/C24H46N4/c1-5-7-9-11-14-18-28(19-15-12-10-8-6-2)20-16-13-17-25-24-23(4)26-21-22(3)27-24/h21H,5-20H2,1-4H3,(H,25,27). The lowest BCUT2D eigenvalue weighted by molar-refractivity contribution is 0.256. The van der Waals surface area contributed by atoms with Crippen LogP contribution < -0.4 is 5.32 Å². The highest BCUT2D eigenvalue weighted by Gasteiger charge is 2.06. The van der Waals surface area contributed by atoms with Gasteiger partial charge in [0, 0.05) is 12.7 Å². The Kier molecular flexibility index (Phi) is 14.9. The van der Waals surface area contributed by atoms with Crippen molar-refractivity contribution in [1.29, 1.82) is 0 Å². The number of aryl methyl sites for hydroxylation is 2. The summed E-state index contributed by atoms with van der Waals surface area (Å²) < 4.78 is 0. The predicted molar refractivity (Wildman–Crippen MR) is 123 cm³/mol. The van der Waals surface area contributed by atoms with Crippen LogP contribution in [-0.2, 0) is 0 Å². The summed E-state index contributed by atoms with van der Waals surface area (Å²) in [5, 5.41) is 3.47. The number of unbranched alkanes of at least 4 members (excludes halogenated alkanes) is 9. The van der Waals surface area contributed by atoms with E-state index >= 15 is 0 Å². The van der Waals surface area contributed by atoms with Gasteiger partial charge in [0.15, 0.2) is 0 Å². The molecule has 4 heteroatoms. The van der Waals surface area contributed by atoms with Crippen LogP contribution in [0.4, 0.5) is 5.82 Å². The third kappa shape index (κ3) is 12.3. The first-order chi connectivity index (χ1) is 13.7. The van der Waals surface area contributed by atoms with Crippen molar-refractivity contribution < 1.29 is 0 Å². The first kappa shape index (κ1) is 24.9. The van der Waals surface area contributed by atoms with Gasteiger partial charge in [0.1, 0.15) is 5.82 Å². The third-order valence-electron chi connectivity index (χ3n) is 5.43. The molecule has 0 saturated heterocycles. The van der Waals surface area contributed by atoms with Crippen LogP contribution in [-0.4, -0.2) is 41.0 Å². The molecule has 1 aromatic heterocycles. The maximum atomic E-state index is 4.55. The zero-order valence-corrected chi connectivity index (χ0v) is 19.2. The summed E-state index contributed by atoms with van der Waals surface area (Å²) in [5.41, 5.74) is 1.97. The molecule has 1 heterocycles. The Morgan fingerprint density at radius 3 is 1.86 bits per heavy atom. The Morgan fingerprint density at radius 2 is 1.29 bits per heavy atom. The molecule has 0 unspecified atom stereocenters. The van der Waals surface area contributed by atoms with Gasteiger partial charge in [-0.15, -0.1) is 0 Å². The number of nitrogens with one attached hydrogen (secondary N) is 1. The number of aromatic nitrogens is 2. The fourth-order valence-electron chi connectivity index (χ4n) is 3.59. The maximum absolute atomic E-state index is 4.55. The molecule has 0 aliphatic carbocycles. The lowest BCUT2D eigenvalue weighted by atomic mass is 10.1. The molecule has 162 valence electrons. The Morgan fingerprint density at radius 1 is 0.750 bits per heavy atom. The van der Waals surface area contributed by atoms with Crippen LogP contribution in [0.3, 0.4) is 0 Å². The van der Waals surface area contributed by atoms with E-state index in [-0.39, 0.29) is 0 Å². The Balaban J connectivity index is 2.24. The second-order valence-electron chi connectivity index (χ2n) is 8.25. The van der Waals surface area contributed by atoms with Crippen molar-refractivity contribution >= 4 is 5.82 Å². The van der Waals surface area contributed by atoms with Crippen LogP contribution >= 0.6 is 0 Å². The summed E-state index contributed by atoms with van der Waals surface area (Å²) in [6, 6.07) is 0. The minimum atomic E-state index is 0.948. The van der Waals surface area contributed by atoms with E-state index in [4.69, 9.17) is 0 Å². The van der Waals surface area contributed by atoms with Gasteiger partial charge in [-0.3, -0.25) is 4.98 Å². The topological polar surface area (TPSA) is 41.0 Å². The van der Waals surface area contributed by atoms with Crippen molar-refractivity contribution in [2.75, 3.05) is 31.5 Å². The fraction of sp³-hybridized carbons (Fsp3) is 0.833. The molecule has 0 spiro atoms. The summed E-state index contributed by atoms with van der Waals surface area (Å²) in [6.45, 7) is 13.4. The van der Waals surface area contributed by atoms with Crippen molar-refractivity contribution in [3.8, 4) is 0 Å². The van der Waals surface area contributed by atoms with Crippen LogP contribution in [0, 0.1) is 13.8 Å². The Labute approximate surface area is 174 Å². The quantitative estimate of drug-likeness (QED) is 0.289. The zero-order valence-electron chi connectivity index (χ0n) is 19.2. The minimum Gasteiger partial charge on any atom is -0.369 e. The summed E-state index contributed by atoms with van der Waals surface area (Å²) in [5.74, 6) is 0.948. The third-order valence-corrected chi connectivity index (χ3v) is 5.43. The van der Waals surface area contributed by atoms with Crippen LogP contribution in [0.15, 0.2) is 6.20 Å². The number of hydrogen-bond donors (Lipinski definition) is 1. The van der Waals surface area contributed by atoms with E-state index < -0.39 is 0 Å². The van der Waals surface area contributed by atoms with E-state index in [9.17, 15) is 0 Å². The van der Waals surface area contributed by atoms with Crippen LogP contribution in [0.25, 0.3) is 0 Å². The lowest BCUT2D eigenvalue weighted by Gasteiger charge is -2.22. The first-order valence-electron chi connectivity index (χ1n) is 11.9. The highest BCUT2D eigenvalue weighted by molar-refractivity contribution is 5.39. The molecule has 0 aliphatic heterocycles. The lowest BCUT2D eigenvalue weighted by Crippen LogP contribution is -2.27. The van der Waals surface area contributed by atoms with E-state index in [1.807, 2.05) is 20.0 Å². The van der Waals surface area contributed by atoms with E-state index in [0.717, 1.165) is 23.8 Å². The zero-order chi connectivity index (χ0) is 20.5. The van der Waals surface area contributed by atoms with Gasteiger partial charge in [0.05, 0.1) is 11.4 Å². The molecule has 1 N–H and O–H groups in total. The molecule has 0 saturated carbocycles. The van der Waals surface area contributed by atoms with E-state index in [0.29, 0.717) is 0 Å². The SMILES string of the molecule is CCCCCCCN(CCCCCCC)CCCCNc1nc(C)cnc1C. The molecule has 0 atom stereocenters. The average Bonchev–Trinajstić information content (AvgIpc) is 2.69. The van der Waals surface area contributed by atoms with Gasteiger partial charge in [-0.25, -0.2) is 4.98 Å². The Hall–Kier alpha value is -1.16. The highest BCUT2D eigenvalue weighted by atomic mass is 15.1. The molecule has 1 aromatic rings. The molecule has 0 amide bonds. The predicted octanol–water partition coefficient (Wildman–Crippen LogP) is 6.53. The molecule has 0 aliphatic rings. The molecule has 4 nitrogen and oxygen atoms in total. The van der Waals surface area contributed by atoms with Gasteiger partial charge in [-0.2, -0.15) is 0 Å². The van der Waals surface area contributed by atoms with Gasteiger partial charge >= 0.3 is 0 Å². The summed E-state index contributed by atoms with van der Waals surface area (Å²) >= 11 is 0. The number of nitrogens with zero attached hydrogens (tertiary/aromatic N) is 3. The average molecular weight is 391 g/mol. The summed E-state index contributed by atoms with van der Waals surface area (Å²) in [7, 11) is 0. The van der Waals surface area contributed by atoms with E-state index in [1.54, 1.807) is 0 Å². The van der Waals surface area contributed by atoms with Gasteiger partial charge in [0.2, 0.25) is 0 Å². The first-order valence-corrected chi connectivity index (χ1v) is 11.9. The molecule has 28 heavy (non-hydrogen) atoms. The molecule has 0 aromatic carbocycles. The number of anilines is 1. The van der Waals surface area contributed by atoms with Gasteiger partial charge in [0.25, 0.3) is 0 Å². The Bertz CT molecular complexity index is 475. The smallest absolute Gasteiger partial charge is 0.147 e. The summed E-state index contributed by atoms with van der Waals surface area (Å²) in [4.78, 5) is 11.7. The van der Waals surface area contributed by atoms with E-state index in [2.05, 4.69) is 34.0 Å². The summed E-state index contributed by atoms with van der Waals surface area (Å²) in [6.07, 6.45) is 18.1. The fourth-order valence-corrected chi connectivity index (χ4v) is 3.59. The van der Waals surface area contributed by atoms with E-state index in [1.165, 1.54) is 96.7 Å². The number of hydrogen-bond acceptors (Lipinski definition) is 4. The molecular weight excluding hydrogens is 344 g/mol. The molecule has 0 bridgehead atoms. The van der Waals surface area contributed by atoms with Gasteiger partial charge < -0.3 is 10.2 Å². The number of rotatable bonds is 18. The second kappa shape index (κ2) is 16.8. The van der Waals surface area contributed by atoms with Gasteiger partial charge in [-0.05, 0) is 59.2 Å². The largest absolute Gasteiger partial charge is 0.369 e. The molecule has 1 rings (SSSR count). The van der Waals surface area contributed by atoms with Crippen LogP contribution in [0.5, 0.6) is 0 Å². The molecule has 0 fully saturated rings. The maximum Gasteiger partial charge on any atom is 0.147 e. The van der Waals surface area contributed by atoms with Crippen LogP contribution in [0.1, 0.15) is 102 Å². The normalized spacial score (nSPS) is 11.3. The van der Waals surface area contributed by atoms with Gasteiger partial charge in [-0.1, -0.05) is 65.2 Å². The van der Waals surface area contributed by atoms with Crippen molar-refractivity contribution in [3.63, 3.8) is 0 Å². The molecular formula is C24H46N4. The monoisotopic (exact) mass is 390 g/mol. The second-order valence-corrected chi connectivity index (χ2v) is 8.25. The van der Waals surface area contributed by atoms with Crippen LogP contribution in [0.2, 0.25) is 0 Å². The minimum absolute atomic E-state index is 0.948. The highest BCUT2D eigenvalue weighted by Crippen LogP contribution is 2.10. The van der Waals surface area contributed by atoms with Crippen molar-refractivity contribution in [2.45, 2.75) is 105 Å². The van der Waals surface area contributed by atoms with Crippen molar-refractivity contribution in [3.05, 3.63) is 17.6 Å². The molecule has 0 radical (unpaired) electrons.